The molecule has 1 atom stereocenters. The van der Waals surface area contributed by atoms with E-state index >= 15 is 0 Å². The molecule has 0 amide bonds. The van der Waals surface area contributed by atoms with Crippen molar-refractivity contribution in [2.24, 2.45) is 5.73 Å². The minimum atomic E-state index is -0.179. The highest BCUT2D eigenvalue weighted by Crippen LogP contribution is 2.12. The van der Waals surface area contributed by atoms with E-state index in [9.17, 15) is 0 Å². The molecule has 0 fully saturated rings. The summed E-state index contributed by atoms with van der Waals surface area (Å²) in [6.45, 7) is 3.90. The number of benzene rings is 1. The molecule has 78 valence electrons. The molecule has 1 unspecified atom stereocenters. The van der Waals surface area contributed by atoms with E-state index < -0.39 is 0 Å². The largest absolute Gasteiger partial charge is 0.321 e. The standard InChI is InChI=1S/C10H13N5/c1-7-3-5-9(6-4-7)15-10(8(2)11)12-13-14-15/h3-6,8H,11H2,1-2H3. The van der Waals surface area contributed by atoms with Gasteiger partial charge in [-0.1, -0.05) is 17.7 Å². The molecule has 5 heteroatoms. The summed E-state index contributed by atoms with van der Waals surface area (Å²) < 4.78 is 1.66. The first-order valence-corrected chi connectivity index (χ1v) is 4.79. The van der Waals surface area contributed by atoms with Gasteiger partial charge in [0, 0.05) is 0 Å². The Morgan fingerprint density at radius 3 is 2.53 bits per heavy atom. The Balaban J connectivity index is 2.45. The van der Waals surface area contributed by atoms with Gasteiger partial charge in [0.05, 0.1) is 11.7 Å². The molecule has 5 nitrogen and oxygen atoms in total. The number of nitrogens with zero attached hydrogens (tertiary/aromatic N) is 4. The van der Waals surface area contributed by atoms with Gasteiger partial charge in [0.1, 0.15) is 0 Å². The summed E-state index contributed by atoms with van der Waals surface area (Å²) in [7, 11) is 0. The van der Waals surface area contributed by atoms with Gasteiger partial charge in [0.2, 0.25) is 0 Å². The molecule has 0 aliphatic rings. The van der Waals surface area contributed by atoms with Crippen molar-refractivity contribution in [1.82, 2.24) is 20.2 Å². The smallest absolute Gasteiger partial charge is 0.173 e. The number of nitrogens with two attached hydrogens (primary N) is 1. The predicted octanol–water partition coefficient (Wildman–Crippen LogP) is 0.990. The lowest BCUT2D eigenvalue weighted by Crippen LogP contribution is -2.13. The van der Waals surface area contributed by atoms with Crippen LogP contribution in [0.25, 0.3) is 5.69 Å². The Labute approximate surface area is 87.9 Å². The lowest BCUT2D eigenvalue weighted by molar-refractivity contribution is 0.688. The molecule has 15 heavy (non-hydrogen) atoms. The average Bonchev–Trinajstić information content (AvgIpc) is 2.67. The van der Waals surface area contributed by atoms with Gasteiger partial charge in [-0.15, -0.1) is 5.10 Å². The molecule has 0 aliphatic carbocycles. The Bertz CT molecular complexity index is 443. The summed E-state index contributed by atoms with van der Waals surface area (Å²) in [6.07, 6.45) is 0. The molecule has 1 aromatic heterocycles. The van der Waals surface area contributed by atoms with Gasteiger partial charge in [-0.2, -0.15) is 4.68 Å². The fourth-order valence-corrected chi connectivity index (χ4v) is 1.35. The first kappa shape index (κ1) is 9.79. The SMILES string of the molecule is Cc1ccc(-n2nnnc2C(C)N)cc1. The highest BCUT2D eigenvalue weighted by atomic mass is 15.5. The molecule has 1 aromatic carbocycles. The molecule has 2 N–H and O–H groups in total. The third-order valence-corrected chi connectivity index (χ3v) is 2.18. The number of aryl methyl sites for hydroxylation is 1. The van der Waals surface area contributed by atoms with E-state index in [1.807, 2.05) is 38.1 Å². The van der Waals surface area contributed by atoms with Crippen molar-refractivity contribution in [3.05, 3.63) is 35.7 Å². The summed E-state index contributed by atoms with van der Waals surface area (Å²) in [4.78, 5) is 0. The van der Waals surface area contributed by atoms with Crippen molar-refractivity contribution in [2.45, 2.75) is 19.9 Å². The maximum absolute atomic E-state index is 5.76. The van der Waals surface area contributed by atoms with E-state index in [0.717, 1.165) is 5.69 Å². The monoisotopic (exact) mass is 203 g/mol. The van der Waals surface area contributed by atoms with Crippen LogP contribution in [0.4, 0.5) is 0 Å². The third kappa shape index (κ3) is 1.87. The van der Waals surface area contributed by atoms with E-state index in [1.54, 1.807) is 4.68 Å². The molecule has 1 heterocycles. The summed E-state index contributed by atoms with van der Waals surface area (Å²) in [5.41, 5.74) is 7.89. The second kappa shape index (κ2) is 3.78. The van der Waals surface area contributed by atoms with Crippen LogP contribution in [-0.4, -0.2) is 20.2 Å². The van der Waals surface area contributed by atoms with Crippen LogP contribution in [0.3, 0.4) is 0 Å². The second-order valence-electron chi connectivity index (χ2n) is 3.57. The Morgan fingerprint density at radius 1 is 1.27 bits per heavy atom. The van der Waals surface area contributed by atoms with Gasteiger partial charge in [0.15, 0.2) is 5.82 Å². The van der Waals surface area contributed by atoms with Crippen molar-refractivity contribution in [2.75, 3.05) is 0 Å². The van der Waals surface area contributed by atoms with Crippen LogP contribution < -0.4 is 5.73 Å². The molecule has 0 saturated heterocycles. The zero-order chi connectivity index (χ0) is 10.8. The first-order chi connectivity index (χ1) is 7.18. The Kier molecular flexibility index (Phi) is 2.47. The lowest BCUT2D eigenvalue weighted by Gasteiger charge is -2.06. The van der Waals surface area contributed by atoms with Gasteiger partial charge in [-0.3, -0.25) is 0 Å². The zero-order valence-electron chi connectivity index (χ0n) is 8.75. The topological polar surface area (TPSA) is 69.6 Å². The predicted molar refractivity (Wildman–Crippen MR) is 56.5 cm³/mol. The summed E-state index contributed by atoms with van der Waals surface area (Å²) in [5, 5.41) is 11.4. The normalized spacial score (nSPS) is 12.7. The second-order valence-corrected chi connectivity index (χ2v) is 3.57. The van der Waals surface area contributed by atoms with Crippen molar-refractivity contribution in [3.63, 3.8) is 0 Å². The highest BCUT2D eigenvalue weighted by molar-refractivity contribution is 5.33. The molecule has 0 spiro atoms. The average molecular weight is 203 g/mol. The number of hydrogen-bond donors (Lipinski definition) is 1. The molecule has 0 bridgehead atoms. The number of hydrogen-bond acceptors (Lipinski definition) is 4. The minimum Gasteiger partial charge on any atom is -0.321 e. The molecule has 2 rings (SSSR count). The van der Waals surface area contributed by atoms with E-state index in [1.165, 1.54) is 5.56 Å². The van der Waals surface area contributed by atoms with E-state index in [4.69, 9.17) is 5.73 Å². The lowest BCUT2D eigenvalue weighted by atomic mass is 10.2. The summed E-state index contributed by atoms with van der Waals surface area (Å²) >= 11 is 0. The van der Waals surface area contributed by atoms with E-state index in [-0.39, 0.29) is 6.04 Å². The fraction of sp³-hybridized carbons (Fsp3) is 0.300. The zero-order valence-corrected chi connectivity index (χ0v) is 8.75. The summed E-state index contributed by atoms with van der Waals surface area (Å²) in [6, 6.07) is 7.79. The molecule has 0 saturated carbocycles. The summed E-state index contributed by atoms with van der Waals surface area (Å²) in [5.74, 6) is 0.666. The van der Waals surface area contributed by atoms with Gasteiger partial charge in [-0.25, -0.2) is 0 Å². The van der Waals surface area contributed by atoms with E-state index in [2.05, 4.69) is 15.5 Å². The maximum Gasteiger partial charge on any atom is 0.173 e. The Morgan fingerprint density at radius 2 is 1.93 bits per heavy atom. The van der Waals surface area contributed by atoms with Crippen molar-refractivity contribution < 1.29 is 0 Å². The maximum atomic E-state index is 5.76. The highest BCUT2D eigenvalue weighted by Gasteiger charge is 2.11. The first-order valence-electron chi connectivity index (χ1n) is 4.79. The van der Waals surface area contributed by atoms with Crippen molar-refractivity contribution >= 4 is 0 Å². The quantitative estimate of drug-likeness (QED) is 0.790. The van der Waals surface area contributed by atoms with Crippen molar-refractivity contribution in [3.8, 4) is 5.69 Å². The van der Waals surface area contributed by atoms with Gasteiger partial charge in [-0.05, 0) is 36.4 Å². The number of rotatable bonds is 2. The van der Waals surface area contributed by atoms with Crippen LogP contribution in [0.15, 0.2) is 24.3 Å². The number of aromatic nitrogens is 4. The molecule has 0 aliphatic heterocycles. The third-order valence-electron chi connectivity index (χ3n) is 2.18. The minimum absolute atomic E-state index is 0.179. The van der Waals surface area contributed by atoms with Crippen LogP contribution in [0.1, 0.15) is 24.4 Å². The van der Waals surface area contributed by atoms with E-state index in [0.29, 0.717) is 5.82 Å². The fourth-order valence-electron chi connectivity index (χ4n) is 1.35. The van der Waals surface area contributed by atoms with Crippen LogP contribution in [0, 0.1) is 6.92 Å². The van der Waals surface area contributed by atoms with Crippen molar-refractivity contribution in [1.29, 1.82) is 0 Å². The van der Waals surface area contributed by atoms with Crippen LogP contribution >= 0.6 is 0 Å². The number of tetrazole rings is 1. The molecule has 2 aromatic rings. The van der Waals surface area contributed by atoms with Crippen LogP contribution in [-0.2, 0) is 0 Å². The van der Waals surface area contributed by atoms with Gasteiger partial charge in [0.25, 0.3) is 0 Å². The molecular formula is C10H13N5. The van der Waals surface area contributed by atoms with Crippen LogP contribution in [0.2, 0.25) is 0 Å². The van der Waals surface area contributed by atoms with Crippen LogP contribution in [0.5, 0.6) is 0 Å². The molecule has 0 radical (unpaired) electrons. The Hall–Kier alpha value is -1.75. The molecular weight excluding hydrogens is 190 g/mol. The van der Waals surface area contributed by atoms with Gasteiger partial charge >= 0.3 is 0 Å². The van der Waals surface area contributed by atoms with Gasteiger partial charge < -0.3 is 5.73 Å².